The third-order valence-corrected chi connectivity index (χ3v) is 6.23. The zero-order valence-corrected chi connectivity index (χ0v) is 19.5. The average molecular weight is 466 g/mol. The number of hydrogen-bond acceptors (Lipinski definition) is 7. The summed E-state index contributed by atoms with van der Waals surface area (Å²) < 4.78 is 5.32. The van der Waals surface area contributed by atoms with Gasteiger partial charge in [0.15, 0.2) is 0 Å². The van der Waals surface area contributed by atoms with Gasteiger partial charge in [-0.2, -0.15) is 0 Å². The lowest BCUT2D eigenvalue weighted by atomic mass is 10.0. The highest BCUT2D eigenvalue weighted by Crippen LogP contribution is 2.27. The molecule has 0 amide bonds. The first-order chi connectivity index (χ1) is 17.1. The molecule has 0 spiro atoms. The molecule has 176 valence electrons. The Labute approximate surface area is 204 Å². The first kappa shape index (κ1) is 22.6. The third-order valence-electron chi connectivity index (χ3n) is 6.23. The van der Waals surface area contributed by atoms with Gasteiger partial charge in [-0.3, -0.25) is 4.79 Å². The van der Waals surface area contributed by atoms with E-state index in [9.17, 15) is 4.79 Å². The van der Waals surface area contributed by atoms with Crippen LogP contribution >= 0.6 is 0 Å². The fourth-order valence-electron chi connectivity index (χ4n) is 4.35. The highest BCUT2D eigenvalue weighted by molar-refractivity contribution is 6.11. The topological polar surface area (TPSA) is 93.4 Å². The van der Waals surface area contributed by atoms with Gasteiger partial charge in [-0.15, -0.1) is 0 Å². The smallest absolute Gasteiger partial charge is 0.215 e. The van der Waals surface area contributed by atoms with Gasteiger partial charge in [-0.1, -0.05) is 48.5 Å². The van der Waals surface area contributed by atoms with E-state index in [0.29, 0.717) is 11.3 Å². The van der Waals surface area contributed by atoms with E-state index < -0.39 is 0 Å². The van der Waals surface area contributed by atoms with Crippen molar-refractivity contribution < 1.29 is 9.53 Å². The number of nitrogens with two attached hydrogens (primary N) is 1. The predicted octanol–water partition coefficient (Wildman–Crippen LogP) is 4.12. The Morgan fingerprint density at radius 2 is 1.86 bits per heavy atom. The SMILES string of the molecule is COc1cccc(-c2cnc(N)c(C(=O)c3cccc(N4CCNC(c5ccccc5)C4)n3)c2)c1. The summed E-state index contributed by atoms with van der Waals surface area (Å²) in [7, 11) is 1.62. The number of ether oxygens (including phenoxy) is 1. The van der Waals surface area contributed by atoms with Crippen LogP contribution in [0.25, 0.3) is 11.1 Å². The molecule has 0 saturated carbocycles. The number of aromatic nitrogens is 2. The van der Waals surface area contributed by atoms with Crippen LogP contribution < -0.4 is 20.7 Å². The molecule has 3 N–H and O–H groups in total. The van der Waals surface area contributed by atoms with Crippen LogP contribution in [0.2, 0.25) is 0 Å². The second-order valence-corrected chi connectivity index (χ2v) is 8.46. The standard InChI is InChI=1S/C28H27N5O2/c1-35-22-10-5-9-20(15-22)21-16-23(28(29)31-17-21)27(34)24-11-6-12-26(32-24)33-14-13-30-25(18-33)19-7-3-2-4-8-19/h2-12,15-17,25,30H,13-14,18H2,1H3,(H2,29,31). The van der Waals surface area contributed by atoms with E-state index in [2.05, 4.69) is 27.3 Å². The van der Waals surface area contributed by atoms with Gasteiger partial charge >= 0.3 is 0 Å². The molecule has 1 aliphatic rings. The molecule has 35 heavy (non-hydrogen) atoms. The molecule has 0 aliphatic carbocycles. The Morgan fingerprint density at radius 1 is 1.03 bits per heavy atom. The molecular weight excluding hydrogens is 438 g/mol. The molecule has 5 rings (SSSR count). The number of benzene rings is 2. The lowest BCUT2D eigenvalue weighted by Gasteiger charge is -2.35. The van der Waals surface area contributed by atoms with E-state index in [-0.39, 0.29) is 17.6 Å². The van der Waals surface area contributed by atoms with Crippen molar-refractivity contribution in [2.24, 2.45) is 0 Å². The first-order valence-electron chi connectivity index (χ1n) is 11.6. The van der Waals surface area contributed by atoms with E-state index in [1.165, 1.54) is 5.56 Å². The number of carbonyl (C=O) groups excluding carboxylic acids is 1. The van der Waals surface area contributed by atoms with Crippen molar-refractivity contribution in [2.75, 3.05) is 37.4 Å². The molecular formula is C28H27N5O2. The molecule has 1 unspecified atom stereocenters. The first-order valence-corrected chi connectivity index (χ1v) is 11.6. The fourth-order valence-corrected chi connectivity index (χ4v) is 4.35. The average Bonchev–Trinajstić information content (AvgIpc) is 2.93. The number of anilines is 2. The highest BCUT2D eigenvalue weighted by Gasteiger charge is 2.23. The monoisotopic (exact) mass is 465 g/mol. The number of nitrogens with zero attached hydrogens (tertiary/aromatic N) is 3. The Balaban J connectivity index is 1.41. The molecule has 2 aromatic carbocycles. The highest BCUT2D eigenvalue weighted by atomic mass is 16.5. The number of rotatable bonds is 6. The van der Waals surface area contributed by atoms with Gasteiger partial charge in [0.25, 0.3) is 0 Å². The minimum absolute atomic E-state index is 0.181. The molecule has 0 bridgehead atoms. The molecule has 1 atom stereocenters. The van der Waals surface area contributed by atoms with Crippen LogP contribution in [0.3, 0.4) is 0 Å². The van der Waals surface area contributed by atoms with Crippen molar-refractivity contribution in [3.8, 4) is 16.9 Å². The molecule has 1 fully saturated rings. The number of hydrogen-bond donors (Lipinski definition) is 2. The number of ketones is 1. The van der Waals surface area contributed by atoms with Crippen LogP contribution in [-0.2, 0) is 0 Å². The van der Waals surface area contributed by atoms with Crippen LogP contribution in [0.5, 0.6) is 5.75 Å². The van der Waals surface area contributed by atoms with Crippen molar-refractivity contribution in [1.82, 2.24) is 15.3 Å². The summed E-state index contributed by atoms with van der Waals surface area (Å²) in [5.41, 5.74) is 9.70. The summed E-state index contributed by atoms with van der Waals surface area (Å²) in [5, 5.41) is 3.57. The van der Waals surface area contributed by atoms with E-state index in [1.54, 1.807) is 25.4 Å². The van der Waals surface area contributed by atoms with Crippen molar-refractivity contribution in [2.45, 2.75) is 6.04 Å². The molecule has 2 aromatic heterocycles. The molecule has 4 aromatic rings. The zero-order chi connectivity index (χ0) is 24.2. The van der Waals surface area contributed by atoms with Gasteiger partial charge in [0.05, 0.1) is 12.7 Å². The molecule has 1 aliphatic heterocycles. The van der Waals surface area contributed by atoms with Gasteiger partial charge < -0.3 is 20.7 Å². The minimum Gasteiger partial charge on any atom is -0.497 e. The van der Waals surface area contributed by atoms with Crippen molar-refractivity contribution >= 4 is 17.4 Å². The maximum Gasteiger partial charge on any atom is 0.215 e. The summed E-state index contributed by atoms with van der Waals surface area (Å²) >= 11 is 0. The lowest BCUT2D eigenvalue weighted by molar-refractivity contribution is 0.103. The summed E-state index contributed by atoms with van der Waals surface area (Å²) in [4.78, 5) is 24.7. The fraction of sp³-hybridized carbons (Fsp3) is 0.179. The normalized spacial score (nSPS) is 15.6. The number of methoxy groups -OCH3 is 1. The van der Waals surface area contributed by atoms with Gasteiger partial charge in [0.2, 0.25) is 5.78 Å². The summed E-state index contributed by atoms with van der Waals surface area (Å²) in [6, 6.07) is 25.5. The molecule has 7 nitrogen and oxygen atoms in total. The summed E-state index contributed by atoms with van der Waals surface area (Å²) in [6.07, 6.45) is 1.66. The number of pyridine rings is 2. The largest absolute Gasteiger partial charge is 0.497 e. The van der Waals surface area contributed by atoms with Crippen LogP contribution in [-0.4, -0.2) is 42.5 Å². The third kappa shape index (κ3) is 4.85. The van der Waals surface area contributed by atoms with Crippen LogP contribution in [0.1, 0.15) is 27.7 Å². The number of nitrogen functional groups attached to an aromatic ring is 1. The second kappa shape index (κ2) is 9.95. The molecule has 1 saturated heterocycles. The van der Waals surface area contributed by atoms with E-state index in [0.717, 1.165) is 42.3 Å². The Hall–Kier alpha value is -4.23. The minimum atomic E-state index is -0.253. The maximum atomic E-state index is 13.5. The van der Waals surface area contributed by atoms with Crippen LogP contribution in [0, 0.1) is 0 Å². The van der Waals surface area contributed by atoms with Crippen LogP contribution in [0.15, 0.2) is 85.1 Å². The number of nitrogens with one attached hydrogen (secondary N) is 1. The van der Waals surface area contributed by atoms with Gasteiger partial charge in [0, 0.05) is 37.4 Å². The van der Waals surface area contributed by atoms with Gasteiger partial charge in [0.1, 0.15) is 23.1 Å². The number of carbonyl (C=O) groups is 1. The van der Waals surface area contributed by atoms with Gasteiger partial charge in [-0.05, 0) is 41.5 Å². The van der Waals surface area contributed by atoms with E-state index >= 15 is 0 Å². The second-order valence-electron chi connectivity index (χ2n) is 8.46. The molecule has 7 heteroatoms. The number of piperazine rings is 1. The van der Waals surface area contributed by atoms with E-state index in [1.807, 2.05) is 54.6 Å². The summed E-state index contributed by atoms with van der Waals surface area (Å²) in [6.45, 7) is 2.41. The predicted molar refractivity (Wildman–Crippen MR) is 138 cm³/mol. The Kier molecular flexibility index (Phi) is 6.41. The van der Waals surface area contributed by atoms with Gasteiger partial charge in [-0.25, -0.2) is 9.97 Å². The maximum absolute atomic E-state index is 13.5. The van der Waals surface area contributed by atoms with E-state index in [4.69, 9.17) is 15.5 Å². The van der Waals surface area contributed by atoms with Crippen molar-refractivity contribution in [3.63, 3.8) is 0 Å². The Bertz CT molecular complexity index is 1340. The van der Waals surface area contributed by atoms with Crippen molar-refractivity contribution in [1.29, 1.82) is 0 Å². The molecule has 0 radical (unpaired) electrons. The molecule has 3 heterocycles. The van der Waals surface area contributed by atoms with Crippen LogP contribution in [0.4, 0.5) is 11.6 Å². The van der Waals surface area contributed by atoms with Crippen molar-refractivity contribution in [3.05, 3.63) is 102 Å². The Morgan fingerprint density at radius 3 is 2.69 bits per heavy atom. The summed E-state index contributed by atoms with van der Waals surface area (Å²) in [5.74, 6) is 1.43. The zero-order valence-electron chi connectivity index (χ0n) is 19.5. The quantitative estimate of drug-likeness (QED) is 0.414. The lowest BCUT2D eigenvalue weighted by Crippen LogP contribution is -2.46.